The zero-order valence-corrected chi connectivity index (χ0v) is 15.3. The summed E-state index contributed by atoms with van der Waals surface area (Å²) in [4.78, 5) is 3.52. The molecule has 1 fully saturated rings. The molecule has 0 radical (unpaired) electrons. The topological polar surface area (TPSA) is 40.6 Å². The third-order valence-corrected chi connectivity index (χ3v) is 7.92. The fourth-order valence-corrected chi connectivity index (χ4v) is 6.43. The Kier molecular flexibility index (Phi) is 5.90. The summed E-state index contributed by atoms with van der Waals surface area (Å²) in [5.74, 6) is 0.336. The average Bonchev–Trinajstić information content (AvgIpc) is 2.82. The number of sulfonamides is 1. The van der Waals surface area contributed by atoms with Gasteiger partial charge in [-0.25, -0.2) is 8.42 Å². The van der Waals surface area contributed by atoms with Crippen molar-refractivity contribution in [3.05, 3.63) is 14.7 Å². The van der Waals surface area contributed by atoms with Crippen LogP contribution in [-0.2, 0) is 15.9 Å². The van der Waals surface area contributed by atoms with Crippen molar-refractivity contribution in [2.75, 3.05) is 32.7 Å². The number of halogens is 2. The Hall–Kier alpha value is 0.340. The predicted molar refractivity (Wildman–Crippen MR) is 87.1 cm³/mol. The van der Waals surface area contributed by atoms with Gasteiger partial charge in [-0.2, -0.15) is 4.31 Å². The molecule has 1 aliphatic rings. The molecule has 0 aromatic carbocycles. The van der Waals surface area contributed by atoms with Gasteiger partial charge >= 0.3 is 0 Å². The highest BCUT2D eigenvalue weighted by molar-refractivity contribution is 9.11. The van der Waals surface area contributed by atoms with Crippen molar-refractivity contribution in [1.82, 2.24) is 9.21 Å². The molecule has 20 heavy (non-hydrogen) atoms. The maximum absolute atomic E-state index is 12.6. The van der Waals surface area contributed by atoms with Crippen LogP contribution in [0, 0.1) is 0 Å². The lowest BCUT2D eigenvalue weighted by Crippen LogP contribution is -2.48. The summed E-state index contributed by atoms with van der Waals surface area (Å²) < 4.78 is 27.5. The maximum atomic E-state index is 12.6. The second kappa shape index (κ2) is 7.07. The Morgan fingerprint density at radius 2 is 2.00 bits per heavy atom. The largest absolute Gasteiger partial charge is 0.301 e. The quantitative estimate of drug-likeness (QED) is 0.712. The molecule has 1 aromatic rings. The molecule has 0 spiro atoms. The Morgan fingerprint density at radius 3 is 2.50 bits per heavy atom. The summed E-state index contributed by atoms with van der Waals surface area (Å²) in [5, 5.41) is 0. The van der Waals surface area contributed by atoms with Crippen LogP contribution in [0.3, 0.4) is 0 Å². The van der Waals surface area contributed by atoms with Crippen LogP contribution in [0.2, 0.25) is 0 Å². The molecular formula is C12H18BrClN2O2S2. The lowest BCUT2D eigenvalue weighted by atomic mass is 10.3. The number of hydrogen-bond acceptors (Lipinski definition) is 4. The van der Waals surface area contributed by atoms with Gasteiger partial charge in [-0.3, -0.25) is 0 Å². The summed E-state index contributed by atoms with van der Waals surface area (Å²) in [6.07, 6.45) is 1.10. The molecule has 8 heteroatoms. The molecule has 1 aliphatic heterocycles. The van der Waals surface area contributed by atoms with E-state index in [0.717, 1.165) is 30.9 Å². The van der Waals surface area contributed by atoms with Crippen LogP contribution >= 0.6 is 38.9 Å². The van der Waals surface area contributed by atoms with Gasteiger partial charge in [0.15, 0.2) is 0 Å². The van der Waals surface area contributed by atoms with Crippen molar-refractivity contribution in [3.63, 3.8) is 0 Å². The van der Waals surface area contributed by atoms with E-state index in [1.54, 1.807) is 10.4 Å². The van der Waals surface area contributed by atoms with E-state index in [1.807, 2.05) is 0 Å². The van der Waals surface area contributed by atoms with Crippen LogP contribution in [0.1, 0.15) is 18.2 Å². The van der Waals surface area contributed by atoms with Crippen LogP contribution in [0.5, 0.6) is 0 Å². The summed E-state index contributed by atoms with van der Waals surface area (Å²) in [6.45, 7) is 5.89. The third kappa shape index (κ3) is 3.56. The van der Waals surface area contributed by atoms with E-state index < -0.39 is 10.0 Å². The standard InChI is InChI=1S/C12H18BrClN2O2S2/c1-2-3-15-4-6-16(7-5-15)20(17,18)11-8-10(9-14)19-12(11)13/h8H,2-7,9H2,1H3. The third-order valence-electron chi connectivity index (χ3n) is 3.33. The lowest BCUT2D eigenvalue weighted by molar-refractivity contribution is 0.188. The van der Waals surface area contributed by atoms with Crippen LogP contribution in [0.25, 0.3) is 0 Å². The summed E-state index contributed by atoms with van der Waals surface area (Å²) in [5.41, 5.74) is 0. The Morgan fingerprint density at radius 1 is 1.35 bits per heavy atom. The highest BCUT2D eigenvalue weighted by atomic mass is 79.9. The Labute approximate surface area is 137 Å². The number of alkyl halides is 1. The van der Waals surface area contributed by atoms with Crippen LogP contribution in [0.4, 0.5) is 0 Å². The van der Waals surface area contributed by atoms with E-state index in [1.165, 1.54) is 11.3 Å². The molecule has 0 amide bonds. The molecule has 2 rings (SSSR count). The van der Waals surface area contributed by atoms with Gasteiger partial charge in [-0.1, -0.05) is 6.92 Å². The van der Waals surface area contributed by atoms with E-state index in [2.05, 4.69) is 27.8 Å². The molecule has 0 N–H and O–H groups in total. The van der Waals surface area contributed by atoms with Crippen molar-refractivity contribution >= 4 is 48.9 Å². The minimum Gasteiger partial charge on any atom is -0.301 e. The van der Waals surface area contributed by atoms with E-state index >= 15 is 0 Å². The number of rotatable bonds is 5. The van der Waals surface area contributed by atoms with Gasteiger partial charge in [0.25, 0.3) is 0 Å². The van der Waals surface area contributed by atoms with Gasteiger partial charge < -0.3 is 4.90 Å². The molecule has 0 saturated carbocycles. The molecule has 0 aliphatic carbocycles. The van der Waals surface area contributed by atoms with Crippen LogP contribution in [-0.4, -0.2) is 50.3 Å². The van der Waals surface area contributed by atoms with Crippen LogP contribution < -0.4 is 0 Å². The van der Waals surface area contributed by atoms with E-state index in [-0.39, 0.29) is 0 Å². The van der Waals surface area contributed by atoms with Gasteiger partial charge in [0.05, 0.1) is 9.67 Å². The number of nitrogens with zero attached hydrogens (tertiary/aromatic N) is 2. The van der Waals surface area contributed by atoms with Crippen LogP contribution in [0.15, 0.2) is 14.7 Å². The fraction of sp³-hybridized carbons (Fsp3) is 0.667. The van der Waals surface area contributed by atoms with Crippen molar-refractivity contribution in [2.24, 2.45) is 0 Å². The first-order valence-electron chi connectivity index (χ1n) is 6.55. The zero-order chi connectivity index (χ0) is 14.8. The van der Waals surface area contributed by atoms with Gasteiger partial charge in [0.2, 0.25) is 10.0 Å². The van der Waals surface area contributed by atoms with Crippen molar-refractivity contribution in [1.29, 1.82) is 0 Å². The second-order valence-corrected chi connectivity index (χ2v) is 9.36. The molecule has 0 unspecified atom stereocenters. The van der Waals surface area contributed by atoms with Gasteiger partial charge in [-0.05, 0) is 35.0 Å². The average molecular weight is 402 g/mol. The summed E-state index contributed by atoms with van der Waals surface area (Å²) in [7, 11) is -3.41. The molecule has 1 aromatic heterocycles. The number of thiophene rings is 1. The van der Waals surface area contributed by atoms with Crippen molar-refractivity contribution in [3.8, 4) is 0 Å². The van der Waals surface area contributed by atoms with Crippen molar-refractivity contribution in [2.45, 2.75) is 24.1 Å². The summed E-state index contributed by atoms with van der Waals surface area (Å²) in [6, 6.07) is 1.68. The Balaban J connectivity index is 2.13. The summed E-state index contributed by atoms with van der Waals surface area (Å²) >= 11 is 10.5. The zero-order valence-electron chi connectivity index (χ0n) is 11.3. The maximum Gasteiger partial charge on any atom is 0.245 e. The first-order chi connectivity index (χ1) is 9.48. The second-order valence-electron chi connectivity index (χ2n) is 4.73. The van der Waals surface area contributed by atoms with E-state index in [4.69, 9.17) is 11.6 Å². The molecule has 2 heterocycles. The minimum absolute atomic E-state index is 0.336. The van der Waals surface area contributed by atoms with E-state index in [9.17, 15) is 8.42 Å². The first kappa shape index (κ1) is 16.7. The number of piperazine rings is 1. The monoisotopic (exact) mass is 400 g/mol. The van der Waals surface area contributed by atoms with Gasteiger partial charge in [0, 0.05) is 31.1 Å². The minimum atomic E-state index is -3.41. The molecular weight excluding hydrogens is 384 g/mol. The normalized spacial score (nSPS) is 18.6. The van der Waals surface area contributed by atoms with Crippen molar-refractivity contribution < 1.29 is 8.42 Å². The highest BCUT2D eigenvalue weighted by Gasteiger charge is 2.30. The SMILES string of the molecule is CCCN1CCN(S(=O)(=O)c2cc(CCl)sc2Br)CC1. The lowest BCUT2D eigenvalue weighted by Gasteiger charge is -2.33. The van der Waals surface area contributed by atoms with Gasteiger partial charge in [0.1, 0.15) is 4.90 Å². The number of hydrogen-bond donors (Lipinski definition) is 0. The molecule has 0 bridgehead atoms. The fourth-order valence-electron chi connectivity index (χ4n) is 2.29. The molecule has 4 nitrogen and oxygen atoms in total. The Bertz CT molecular complexity index is 554. The highest BCUT2D eigenvalue weighted by Crippen LogP contribution is 2.34. The molecule has 114 valence electrons. The first-order valence-corrected chi connectivity index (χ1v) is 10.1. The smallest absolute Gasteiger partial charge is 0.245 e. The molecule has 0 atom stereocenters. The van der Waals surface area contributed by atoms with E-state index in [0.29, 0.717) is 27.7 Å². The molecule has 1 saturated heterocycles. The van der Waals surface area contributed by atoms with Gasteiger partial charge in [-0.15, -0.1) is 22.9 Å². The predicted octanol–water partition coefficient (Wildman–Crippen LogP) is 2.97.